The normalized spacial score (nSPS) is 22.5. The summed E-state index contributed by atoms with van der Waals surface area (Å²) in [5.74, 6) is 0.722. The maximum absolute atomic E-state index is 13.7. The average molecular weight is 358 g/mol. The zero-order valence-electron chi connectivity index (χ0n) is 14.6. The van der Waals surface area contributed by atoms with Crippen molar-refractivity contribution in [3.63, 3.8) is 0 Å². The summed E-state index contributed by atoms with van der Waals surface area (Å²) in [4.78, 5) is 2.31. The number of rotatable bonds is 7. The summed E-state index contributed by atoms with van der Waals surface area (Å²) in [5.41, 5.74) is 0. The topological polar surface area (TPSA) is 58.6 Å². The average Bonchev–Trinajstić information content (AvgIpc) is 2.50. The third kappa shape index (κ3) is 5.16. The summed E-state index contributed by atoms with van der Waals surface area (Å²) >= 11 is 0. The Bertz CT molecular complexity index is 641. The summed E-state index contributed by atoms with van der Waals surface area (Å²) < 4.78 is 45.4. The third-order valence-electron chi connectivity index (χ3n) is 4.32. The second kappa shape index (κ2) is 8.27. The van der Waals surface area contributed by atoms with Crippen LogP contribution in [0.4, 0.5) is 4.39 Å². The van der Waals surface area contributed by atoms with Gasteiger partial charge in [0.25, 0.3) is 0 Å². The number of nitrogens with one attached hydrogen (secondary N) is 1. The highest BCUT2D eigenvalue weighted by atomic mass is 32.2. The van der Waals surface area contributed by atoms with Gasteiger partial charge in [0.2, 0.25) is 10.0 Å². The molecule has 0 bridgehead atoms. The molecule has 24 heavy (non-hydrogen) atoms. The predicted octanol–water partition coefficient (Wildman–Crippen LogP) is 2.48. The summed E-state index contributed by atoms with van der Waals surface area (Å²) in [6, 6.07) is 3.65. The third-order valence-corrected chi connectivity index (χ3v) is 5.78. The van der Waals surface area contributed by atoms with Crippen LogP contribution in [-0.2, 0) is 10.0 Å². The first kappa shape index (κ1) is 19.1. The second-order valence-corrected chi connectivity index (χ2v) is 8.52. The van der Waals surface area contributed by atoms with Crippen LogP contribution in [0.25, 0.3) is 0 Å². The number of piperidine rings is 1. The number of sulfonamides is 1. The number of benzene rings is 1. The van der Waals surface area contributed by atoms with Crippen LogP contribution in [0.2, 0.25) is 0 Å². The quantitative estimate of drug-likeness (QED) is 0.761. The zero-order valence-corrected chi connectivity index (χ0v) is 15.4. The number of likely N-dealkylation sites (tertiary alicyclic amines) is 1. The molecular weight excluding hydrogens is 331 g/mol. The molecule has 1 N–H and O–H groups in total. The largest absolute Gasteiger partial charge is 0.494 e. The molecular formula is C17H27FN2O3S. The van der Waals surface area contributed by atoms with E-state index in [2.05, 4.69) is 23.5 Å². The number of hydrogen-bond acceptors (Lipinski definition) is 4. The molecule has 7 heteroatoms. The number of halogens is 1. The van der Waals surface area contributed by atoms with Gasteiger partial charge in [-0.15, -0.1) is 0 Å². The van der Waals surface area contributed by atoms with E-state index < -0.39 is 15.8 Å². The Morgan fingerprint density at radius 2 is 1.96 bits per heavy atom. The van der Waals surface area contributed by atoms with Crippen LogP contribution in [0.5, 0.6) is 5.75 Å². The summed E-state index contributed by atoms with van der Waals surface area (Å²) in [6.45, 7) is 7.86. The van der Waals surface area contributed by atoms with E-state index in [0.717, 1.165) is 32.1 Å². The molecule has 0 amide bonds. The monoisotopic (exact) mass is 358 g/mol. The molecule has 0 aliphatic carbocycles. The Hall–Kier alpha value is -1.18. The molecule has 1 aliphatic rings. The van der Waals surface area contributed by atoms with Gasteiger partial charge in [0.05, 0.1) is 12.0 Å². The first-order chi connectivity index (χ1) is 11.3. The highest BCUT2D eigenvalue weighted by Crippen LogP contribution is 2.21. The maximum atomic E-state index is 13.7. The van der Waals surface area contributed by atoms with Gasteiger partial charge in [0.1, 0.15) is 0 Å². The van der Waals surface area contributed by atoms with E-state index in [9.17, 15) is 12.8 Å². The Kier molecular flexibility index (Phi) is 6.60. The van der Waals surface area contributed by atoms with E-state index in [4.69, 9.17) is 4.74 Å². The molecule has 1 fully saturated rings. The Morgan fingerprint density at radius 3 is 2.54 bits per heavy atom. The van der Waals surface area contributed by atoms with E-state index in [-0.39, 0.29) is 10.6 Å². The van der Waals surface area contributed by atoms with Crippen molar-refractivity contribution in [2.45, 2.75) is 31.6 Å². The molecule has 1 saturated heterocycles. The molecule has 1 aliphatic heterocycles. The maximum Gasteiger partial charge on any atom is 0.240 e. The van der Waals surface area contributed by atoms with Gasteiger partial charge in [-0.25, -0.2) is 17.5 Å². The van der Waals surface area contributed by atoms with Crippen molar-refractivity contribution in [1.82, 2.24) is 9.62 Å². The SMILES string of the molecule is COc1ccc(S(=O)(=O)NCCCN2C[C@H](C)C[C@@H](C)C2)cc1F. The number of ether oxygens (including phenoxy) is 1. The van der Waals surface area contributed by atoms with Gasteiger partial charge in [0, 0.05) is 19.6 Å². The molecule has 0 spiro atoms. The van der Waals surface area contributed by atoms with Crippen molar-refractivity contribution in [1.29, 1.82) is 0 Å². The summed E-state index contributed by atoms with van der Waals surface area (Å²) in [5, 5.41) is 0. The van der Waals surface area contributed by atoms with E-state index in [0.29, 0.717) is 18.4 Å². The lowest BCUT2D eigenvalue weighted by atomic mass is 9.92. The molecule has 5 nitrogen and oxygen atoms in total. The van der Waals surface area contributed by atoms with Crippen LogP contribution in [0, 0.1) is 17.7 Å². The lowest BCUT2D eigenvalue weighted by molar-refractivity contribution is 0.140. The smallest absolute Gasteiger partial charge is 0.240 e. The minimum atomic E-state index is -3.70. The van der Waals surface area contributed by atoms with Crippen molar-refractivity contribution in [3.8, 4) is 5.75 Å². The molecule has 0 saturated carbocycles. The highest BCUT2D eigenvalue weighted by Gasteiger charge is 2.21. The first-order valence-corrected chi connectivity index (χ1v) is 9.85. The Morgan fingerprint density at radius 1 is 1.29 bits per heavy atom. The minimum Gasteiger partial charge on any atom is -0.494 e. The van der Waals surface area contributed by atoms with Crippen molar-refractivity contribution < 1.29 is 17.5 Å². The highest BCUT2D eigenvalue weighted by molar-refractivity contribution is 7.89. The first-order valence-electron chi connectivity index (χ1n) is 8.37. The van der Waals surface area contributed by atoms with Gasteiger partial charge >= 0.3 is 0 Å². The fraction of sp³-hybridized carbons (Fsp3) is 0.647. The van der Waals surface area contributed by atoms with Crippen molar-refractivity contribution in [2.24, 2.45) is 11.8 Å². The minimum absolute atomic E-state index is 0.0299. The molecule has 1 heterocycles. The van der Waals surface area contributed by atoms with E-state index in [1.807, 2.05) is 0 Å². The Balaban J connectivity index is 1.83. The van der Waals surface area contributed by atoms with Crippen LogP contribution in [0.15, 0.2) is 23.1 Å². The number of hydrogen-bond donors (Lipinski definition) is 1. The second-order valence-electron chi connectivity index (χ2n) is 6.75. The van der Waals surface area contributed by atoms with Gasteiger partial charge in [-0.3, -0.25) is 0 Å². The zero-order chi connectivity index (χ0) is 17.7. The lowest BCUT2D eigenvalue weighted by Gasteiger charge is -2.34. The molecule has 0 aromatic heterocycles. The van der Waals surface area contributed by atoms with Crippen molar-refractivity contribution in [3.05, 3.63) is 24.0 Å². The molecule has 0 unspecified atom stereocenters. The summed E-state index contributed by atoms with van der Waals surface area (Å²) in [7, 11) is -2.36. The van der Waals surface area contributed by atoms with Crippen LogP contribution in [0.1, 0.15) is 26.7 Å². The Labute approximate surface area is 144 Å². The van der Waals surface area contributed by atoms with Crippen LogP contribution < -0.4 is 9.46 Å². The standard InChI is InChI=1S/C17H27FN2O3S/c1-13-9-14(2)12-20(11-13)8-4-7-19-24(21,22)15-5-6-17(23-3)16(18)10-15/h5-6,10,13-14,19H,4,7-9,11-12H2,1-3H3/t13-,14-/m1/s1. The van der Waals surface area contributed by atoms with Crippen LogP contribution in [-0.4, -0.2) is 46.6 Å². The molecule has 1 aromatic carbocycles. The molecule has 2 rings (SSSR count). The number of nitrogens with zero attached hydrogens (tertiary/aromatic N) is 1. The number of methoxy groups -OCH3 is 1. The molecule has 0 radical (unpaired) electrons. The van der Waals surface area contributed by atoms with E-state index in [1.165, 1.54) is 25.7 Å². The summed E-state index contributed by atoms with van der Waals surface area (Å²) in [6.07, 6.45) is 1.99. The molecule has 136 valence electrons. The predicted molar refractivity (Wildman–Crippen MR) is 92.1 cm³/mol. The van der Waals surface area contributed by atoms with Crippen molar-refractivity contribution >= 4 is 10.0 Å². The van der Waals surface area contributed by atoms with E-state index in [1.54, 1.807) is 0 Å². The van der Waals surface area contributed by atoms with Gasteiger partial charge in [-0.2, -0.15) is 0 Å². The molecule has 2 atom stereocenters. The van der Waals surface area contributed by atoms with Gasteiger partial charge in [-0.1, -0.05) is 13.8 Å². The van der Waals surface area contributed by atoms with Gasteiger partial charge in [0.15, 0.2) is 11.6 Å². The van der Waals surface area contributed by atoms with Crippen molar-refractivity contribution in [2.75, 3.05) is 33.3 Å². The van der Waals surface area contributed by atoms with Gasteiger partial charge < -0.3 is 9.64 Å². The van der Waals surface area contributed by atoms with Crippen LogP contribution in [0.3, 0.4) is 0 Å². The van der Waals surface area contributed by atoms with Crippen LogP contribution >= 0.6 is 0 Å². The fourth-order valence-corrected chi connectivity index (χ4v) is 4.47. The van der Waals surface area contributed by atoms with E-state index >= 15 is 0 Å². The van der Waals surface area contributed by atoms with Gasteiger partial charge in [-0.05, 0) is 49.4 Å². The fourth-order valence-electron chi connectivity index (χ4n) is 3.38. The molecule has 1 aromatic rings. The lowest BCUT2D eigenvalue weighted by Crippen LogP contribution is -2.40.